The van der Waals surface area contributed by atoms with Crippen LogP contribution in [0.25, 0.3) is 11.2 Å². The molecule has 3 heterocycles. The summed E-state index contributed by atoms with van der Waals surface area (Å²) in [5, 5.41) is 3.20. The summed E-state index contributed by atoms with van der Waals surface area (Å²) in [4.78, 5) is 19.0. The minimum absolute atomic E-state index is 0.426. The zero-order valence-corrected chi connectivity index (χ0v) is 13.1. The van der Waals surface area contributed by atoms with Gasteiger partial charge in [-0.15, -0.1) is 0 Å². The second kappa shape index (κ2) is 5.50. The molecule has 2 aromatic rings. The van der Waals surface area contributed by atoms with Crippen molar-refractivity contribution in [1.29, 1.82) is 0 Å². The van der Waals surface area contributed by atoms with Crippen molar-refractivity contribution in [2.75, 3.05) is 29.9 Å². The molecule has 6 heteroatoms. The van der Waals surface area contributed by atoms with Crippen LogP contribution in [-0.4, -0.2) is 39.6 Å². The summed E-state index contributed by atoms with van der Waals surface area (Å²) < 4.78 is 0. The van der Waals surface area contributed by atoms with E-state index in [9.17, 15) is 0 Å². The summed E-state index contributed by atoms with van der Waals surface area (Å²) in [6, 6.07) is 0. The highest BCUT2D eigenvalue weighted by molar-refractivity contribution is 5.84. The molecule has 0 bridgehead atoms. The van der Waals surface area contributed by atoms with Gasteiger partial charge in [-0.05, 0) is 31.6 Å². The second-order valence-electron chi connectivity index (χ2n) is 5.88. The molecular formula is C15H24N6. The predicted molar refractivity (Wildman–Crippen MR) is 85.7 cm³/mol. The zero-order valence-electron chi connectivity index (χ0n) is 13.1. The van der Waals surface area contributed by atoms with E-state index in [4.69, 9.17) is 4.98 Å². The monoisotopic (exact) mass is 288 g/mol. The standard InChI is InChI=1S/C15H24N6/c1-4-15(5-2)7-8-21(9-15)13-11-12(18-10-17-11)19-14(20-13)16-6-3/h10H,4-9H2,1-3H3,(H2,16,17,18,19,20). The maximum atomic E-state index is 4.71. The molecule has 114 valence electrons. The van der Waals surface area contributed by atoms with Gasteiger partial charge in [-0.25, -0.2) is 4.98 Å². The number of hydrogen-bond acceptors (Lipinski definition) is 5. The van der Waals surface area contributed by atoms with E-state index in [1.54, 1.807) is 6.33 Å². The molecule has 1 aliphatic heterocycles. The SMILES string of the molecule is CCNc1nc(N2CCC(CC)(CC)C2)c2[nH]cnc2n1. The molecule has 1 saturated heterocycles. The van der Waals surface area contributed by atoms with E-state index in [-0.39, 0.29) is 0 Å². The smallest absolute Gasteiger partial charge is 0.226 e. The summed E-state index contributed by atoms with van der Waals surface area (Å²) in [6.07, 6.45) is 5.37. The van der Waals surface area contributed by atoms with Crippen molar-refractivity contribution < 1.29 is 0 Å². The van der Waals surface area contributed by atoms with Gasteiger partial charge < -0.3 is 15.2 Å². The van der Waals surface area contributed by atoms with Gasteiger partial charge in [0.1, 0.15) is 5.52 Å². The Hall–Kier alpha value is -1.85. The Morgan fingerprint density at radius 1 is 1.29 bits per heavy atom. The van der Waals surface area contributed by atoms with Crippen molar-refractivity contribution in [3.8, 4) is 0 Å². The summed E-state index contributed by atoms with van der Waals surface area (Å²) >= 11 is 0. The van der Waals surface area contributed by atoms with Crippen LogP contribution in [0.1, 0.15) is 40.0 Å². The van der Waals surface area contributed by atoms with Gasteiger partial charge >= 0.3 is 0 Å². The summed E-state index contributed by atoms with van der Waals surface area (Å²) in [6.45, 7) is 9.57. The number of anilines is 2. The molecule has 21 heavy (non-hydrogen) atoms. The Morgan fingerprint density at radius 3 is 2.76 bits per heavy atom. The van der Waals surface area contributed by atoms with Crippen LogP contribution in [-0.2, 0) is 0 Å². The second-order valence-corrected chi connectivity index (χ2v) is 5.88. The number of fused-ring (bicyclic) bond motifs is 1. The van der Waals surface area contributed by atoms with Gasteiger partial charge in [-0.1, -0.05) is 13.8 Å². The number of aromatic amines is 1. The molecule has 2 N–H and O–H groups in total. The van der Waals surface area contributed by atoms with Crippen molar-refractivity contribution in [3.05, 3.63) is 6.33 Å². The van der Waals surface area contributed by atoms with Crippen LogP contribution in [0.3, 0.4) is 0 Å². The molecule has 2 aromatic heterocycles. The molecule has 0 atom stereocenters. The highest BCUT2D eigenvalue weighted by Gasteiger charge is 2.36. The van der Waals surface area contributed by atoms with E-state index in [1.165, 1.54) is 19.3 Å². The highest BCUT2D eigenvalue weighted by atomic mass is 15.3. The molecule has 3 rings (SSSR count). The number of hydrogen-bond donors (Lipinski definition) is 2. The van der Waals surface area contributed by atoms with E-state index in [0.29, 0.717) is 11.4 Å². The lowest BCUT2D eigenvalue weighted by Gasteiger charge is -2.27. The number of rotatable bonds is 5. The molecule has 1 aliphatic rings. The Kier molecular flexibility index (Phi) is 3.69. The molecule has 0 radical (unpaired) electrons. The molecule has 6 nitrogen and oxygen atoms in total. The van der Waals surface area contributed by atoms with Crippen molar-refractivity contribution in [3.63, 3.8) is 0 Å². The van der Waals surface area contributed by atoms with Crippen LogP contribution in [0.4, 0.5) is 11.8 Å². The fraction of sp³-hybridized carbons (Fsp3) is 0.667. The third-order valence-electron chi connectivity index (χ3n) is 4.84. The summed E-state index contributed by atoms with van der Waals surface area (Å²) in [7, 11) is 0. The van der Waals surface area contributed by atoms with Gasteiger partial charge in [0.2, 0.25) is 5.95 Å². The first kappa shape index (κ1) is 14.1. The van der Waals surface area contributed by atoms with Crippen LogP contribution < -0.4 is 10.2 Å². The van der Waals surface area contributed by atoms with Crippen LogP contribution >= 0.6 is 0 Å². The molecule has 0 unspecified atom stereocenters. The van der Waals surface area contributed by atoms with Crippen LogP contribution in [0.5, 0.6) is 0 Å². The van der Waals surface area contributed by atoms with E-state index in [1.807, 2.05) is 6.92 Å². The minimum Gasteiger partial charge on any atom is -0.354 e. The Morgan fingerprint density at radius 2 is 2.10 bits per heavy atom. The fourth-order valence-corrected chi connectivity index (χ4v) is 3.23. The van der Waals surface area contributed by atoms with Gasteiger partial charge in [0.05, 0.1) is 6.33 Å². The topological polar surface area (TPSA) is 69.7 Å². The fourth-order valence-electron chi connectivity index (χ4n) is 3.23. The van der Waals surface area contributed by atoms with Gasteiger partial charge in [-0.2, -0.15) is 9.97 Å². The maximum absolute atomic E-state index is 4.71. The third-order valence-corrected chi connectivity index (χ3v) is 4.84. The molecule has 0 saturated carbocycles. The lowest BCUT2D eigenvalue weighted by molar-refractivity contribution is 0.301. The molecular weight excluding hydrogens is 264 g/mol. The van der Waals surface area contributed by atoms with E-state index >= 15 is 0 Å². The van der Waals surface area contributed by atoms with Crippen molar-refractivity contribution in [2.24, 2.45) is 5.41 Å². The number of nitrogens with one attached hydrogen (secondary N) is 2. The third kappa shape index (κ3) is 2.43. The first-order valence-corrected chi connectivity index (χ1v) is 7.91. The molecule has 0 aromatic carbocycles. The lowest BCUT2D eigenvalue weighted by Crippen LogP contribution is -2.27. The molecule has 0 amide bonds. The molecule has 1 fully saturated rings. The first-order valence-electron chi connectivity index (χ1n) is 7.91. The quantitative estimate of drug-likeness (QED) is 0.885. The van der Waals surface area contributed by atoms with Gasteiger partial charge in [0, 0.05) is 19.6 Å². The average Bonchev–Trinajstić information content (AvgIpc) is 3.14. The Bertz CT molecular complexity index is 616. The summed E-state index contributed by atoms with van der Waals surface area (Å²) in [5.74, 6) is 1.65. The van der Waals surface area contributed by atoms with Crippen LogP contribution in [0.15, 0.2) is 6.33 Å². The number of H-pyrrole nitrogens is 1. The van der Waals surface area contributed by atoms with E-state index in [2.05, 4.69) is 39.0 Å². The van der Waals surface area contributed by atoms with Crippen LogP contribution in [0.2, 0.25) is 0 Å². The van der Waals surface area contributed by atoms with Crippen molar-refractivity contribution >= 4 is 22.9 Å². The van der Waals surface area contributed by atoms with E-state index < -0.39 is 0 Å². The van der Waals surface area contributed by atoms with Crippen LogP contribution in [0, 0.1) is 5.41 Å². The maximum Gasteiger partial charge on any atom is 0.226 e. The Balaban J connectivity index is 1.98. The van der Waals surface area contributed by atoms with Gasteiger partial charge in [0.25, 0.3) is 0 Å². The molecule has 0 aliphatic carbocycles. The number of aromatic nitrogens is 4. The largest absolute Gasteiger partial charge is 0.354 e. The van der Waals surface area contributed by atoms with Gasteiger partial charge in [0.15, 0.2) is 11.5 Å². The highest BCUT2D eigenvalue weighted by Crippen LogP contribution is 2.39. The number of nitrogens with zero attached hydrogens (tertiary/aromatic N) is 4. The van der Waals surface area contributed by atoms with Crippen molar-refractivity contribution in [1.82, 2.24) is 19.9 Å². The Labute approximate surface area is 125 Å². The predicted octanol–water partition coefficient (Wildman–Crippen LogP) is 2.80. The van der Waals surface area contributed by atoms with Crippen molar-refractivity contribution in [2.45, 2.75) is 40.0 Å². The number of imidazole rings is 1. The van der Waals surface area contributed by atoms with E-state index in [0.717, 1.165) is 36.6 Å². The normalized spacial score (nSPS) is 17.6. The first-order chi connectivity index (χ1) is 10.2. The lowest BCUT2D eigenvalue weighted by atomic mass is 9.82. The minimum atomic E-state index is 0.426. The average molecular weight is 288 g/mol. The molecule has 0 spiro atoms. The summed E-state index contributed by atoms with van der Waals surface area (Å²) in [5.41, 5.74) is 2.11. The van der Waals surface area contributed by atoms with Gasteiger partial charge in [-0.3, -0.25) is 0 Å². The zero-order chi connectivity index (χ0) is 14.9.